The molecule has 0 aliphatic heterocycles. The van der Waals surface area contributed by atoms with Crippen molar-refractivity contribution in [1.82, 2.24) is 9.97 Å². The van der Waals surface area contributed by atoms with E-state index in [9.17, 15) is 4.79 Å². The van der Waals surface area contributed by atoms with Crippen LogP contribution in [0.3, 0.4) is 0 Å². The number of nitrogens with zero attached hydrogens (tertiary/aromatic N) is 1. The minimum Gasteiger partial charge on any atom is -0.348 e. The van der Waals surface area contributed by atoms with Crippen LogP contribution in [0.1, 0.15) is 45.2 Å². The maximum absolute atomic E-state index is 12.2. The number of aromatic nitrogens is 2. The lowest BCUT2D eigenvalue weighted by atomic mass is 9.73. The molecule has 3 heteroatoms. The number of nitrogens with one attached hydrogen (secondary N) is 1. The number of allylic oxidation sites excluding steroid dienone is 4. The molecule has 1 aliphatic carbocycles. The van der Waals surface area contributed by atoms with Crippen LogP contribution in [0.15, 0.2) is 36.3 Å². The minimum absolute atomic E-state index is 0.200. The van der Waals surface area contributed by atoms with Crippen molar-refractivity contribution >= 4 is 5.78 Å². The fourth-order valence-electron chi connectivity index (χ4n) is 2.63. The van der Waals surface area contributed by atoms with Crippen molar-refractivity contribution in [3.05, 3.63) is 42.0 Å². The van der Waals surface area contributed by atoms with Crippen LogP contribution in [-0.2, 0) is 10.2 Å². The van der Waals surface area contributed by atoms with E-state index in [1.54, 1.807) is 19.4 Å². The Morgan fingerprint density at radius 2 is 2.22 bits per heavy atom. The van der Waals surface area contributed by atoms with E-state index < -0.39 is 5.41 Å². The zero-order valence-corrected chi connectivity index (χ0v) is 11.1. The molecule has 1 aromatic rings. The van der Waals surface area contributed by atoms with Crippen LogP contribution in [-0.4, -0.2) is 15.8 Å². The highest BCUT2D eigenvalue weighted by molar-refractivity contribution is 5.88. The Bertz CT molecular complexity index is 471. The van der Waals surface area contributed by atoms with Gasteiger partial charge in [0.25, 0.3) is 0 Å². The largest absolute Gasteiger partial charge is 0.348 e. The van der Waals surface area contributed by atoms with E-state index in [-0.39, 0.29) is 5.78 Å². The molecule has 2 rings (SSSR count). The molecule has 1 heterocycles. The fourth-order valence-corrected chi connectivity index (χ4v) is 2.63. The maximum Gasteiger partial charge on any atom is 0.142 e. The number of rotatable bonds is 2. The molecule has 96 valence electrons. The number of aromatic amines is 1. The van der Waals surface area contributed by atoms with E-state index in [4.69, 9.17) is 0 Å². The highest BCUT2D eigenvalue weighted by atomic mass is 16.1. The van der Waals surface area contributed by atoms with Gasteiger partial charge in [-0.25, -0.2) is 4.98 Å². The van der Waals surface area contributed by atoms with Gasteiger partial charge < -0.3 is 4.98 Å². The molecular weight excluding hydrogens is 224 g/mol. The molecule has 0 fully saturated rings. The summed E-state index contributed by atoms with van der Waals surface area (Å²) in [5, 5.41) is 0. The summed E-state index contributed by atoms with van der Waals surface area (Å²) in [5.74, 6) is 0.200. The standard InChI is InChI=1S/C15H20N2O/c1-12-7-5-3-4-6-8-15(9-12,13(2)18)14-10-16-11-17-14/h4,6-7,10-11H,3,5,8-9H2,1-2H3,(H,16,17)/b6-4+,12-7+. The Morgan fingerprint density at radius 1 is 1.39 bits per heavy atom. The molecule has 0 amide bonds. The molecule has 0 saturated heterocycles. The number of carbonyl (C=O) groups excluding carboxylic acids is 1. The second kappa shape index (κ2) is 5.34. The van der Waals surface area contributed by atoms with Crippen LogP contribution in [0.2, 0.25) is 0 Å². The van der Waals surface area contributed by atoms with Crippen LogP contribution >= 0.6 is 0 Å². The van der Waals surface area contributed by atoms with E-state index in [2.05, 4.69) is 35.1 Å². The number of hydrogen-bond donors (Lipinski definition) is 1. The van der Waals surface area contributed by atoms with Crippen molar-refractivity contribution < 1.29 is 4.79 Å². The van der Waals surface area contributed by atoms with Crippen molar-refractivity contribution in [2.24, 2.45) is 0 Å². The van der Waals surface area contributed by atoms with E-state index in [1.165, 1.54) is 5.57 Å². The average molecular weight is 244 g/mol. The number of ketones is 1. The Balaban J connectivity index is 2.45. The van der Waals surface area contributed by atoms with Gasteiger partial charge in [0.05, 0.1) is 11.7 Å². The van der Waals surface area contributed by atoms with Crippen molar-refractivity contribution in [3.63, 3.8) is 0 Å². The molecule has 0 saturated carbocycles. The van der Waals surface area contributed by atoms with Crippen LogP contribution in [0.4, 0.5) is 0 Å². The van der Waals surface area contributed by atoms with E-state index in [0.717, 1.165) is 31.4 Å². The second-order valence-corrected chi connectivity index (χ2v) is 5.08. The van der Waals surface area contributed by atoms with Gasteiger partial charge in [-0.3, -0.25) is 4.79 Å². The third kappa shape index (κ3) is 2.45. The summed E-state index contributed by atoms with van der Waals surface area (Å²) in [6, 6.07) is 0. The van der Waals surface area contributed by atoms with Gasteiger partial charge in [0, 0.05) is 11.9 Å². The van der Waals surface area contributed by atoms with Gasteiger partial charge in [0.2, 0.25) is 0 Å². The molecule has 1 N–H and O–H groups in total. The van der Waals surface area contributed by atoms with Crippen LogP contribution < -0.4 is 0 Å². The summed E-state index contributed by atoms with van der Waals surface area (Å²) in [6.07, 6.45) is 13.6. The monoisotopic (exact) mass is 244 g/mol. The van der Waals surface area contributed by atoms with E-state index in [1.807, 2.05) is 0 Å². The Labute approximate surface area is 108 Å². The van der Waals surface area contributed by atoms with Gasteiger partial charge in [0.15, 0.2) is 0 Å². The van der Waals surface area contributed by atoms with Crippen LogP contribution in [0.25, 0.3) is 0 Å². The number of Topliss-reactive ketones (excluding diaryl/α,β-unsaturated/α-hetero) is 1. The van der Waals surface area contributed by atoms with Gasteiger partial charge in [0.1, 0.15) is 5.78 Å². The Kier molecular flexibility index (Phi) is 3.80. The smallest absolute Gasteiger partial charge is 0.142 e. The molecular formula is C15H20N2O. The first-order valence-electron chi connectivity index (χ1n) is 6.46. The first-order valence-corrected chi connectivity index (χ1v) is 6.46. The number of imidazole rings is 1. The van der Waals surface area contributed by atoms with E-state index in [0.29, 0.717) is 0 Å². The average Bonchev–Trinajstić information content (AvgIpc) is 2.85. The molecule has 1 aromatic heterocycles. The third-order valence-corrected chi connectivity index (χ3v) is 3.73. The Morgan fingerprint density at radius 3 is 2.89 bits per heavy atom. The van der Waals surface area contributed by atoms with Gasteiger partial charge >= 0.3 is 0 Å². The molecule has 1 unspecified atom stereocenters. The lowest BCUT2D eigenvalue weighted by Crippen LogP contribution is -2.34. The predicted octanol–water partition coefficient (Wildman–Crippen LogP) is 3.31. The zero-order valence-electron chi connectivity index (χ0n) is 11.1. The fraction of sp³-hybridized carbons (Fsp3) is 0.467. The number of hydrogen-bond acceptors (Lipinski definition) is 2. The maximum atomic E-state index is 12.2. The molecule has 0 radical (unpaired) electrons. The number of H-pyrrole nitrogens is 1. The lowest BCUT2D eigenvalue weighted by Gasteiger charge is -2.29. The van der Waals surface area contributed by atoms with Crippen LogP contribution in [0, 0.1) is 0 Å². The topological polar surface area (TPSA) is 45.8 Å². The normalized spacial score (nSPS) is 29.6. The molecule has 18 heavy (non-hydrogen) atoms. The first-order chi connectivity index (χ1) is 8.65. The van der Waals surface area contributed by atoms with Gasteiger partial charge in [-0.05, 0) is 39.5 Å². The van der Waals surface area contributed by atoms with Gasteiger partial charge in [-0.1, -0.05) is 23.8 Å². The summed E-state index contributed by atoms with van der Waals surface area (Å²) in [7, 11) is 0. The summed E-state index contributed by atoms with van der Waals surface area (Å²) in [6.45, 7) is 3.79. The lowest BCUT2D eigenvalue weighted by molar-refractivity contribution is -0.122. The quantitative estimate of drug-likeness (QED) is 0.811. The molecule has 0 bridgehead atoms. The summed E-state index contributed by atoms with van der Waals surface area (Å²) < 4.78 is 0. The van der Waals surface area contributed by atoms with Crippen molar-refractivity contribution in [2.75, 3.05) is 0 Å². The molecule has 1 aliphatic rings. The Hall–Kier alpha value is -1.64. The predicted molar refractivity (Wildman–Crippen MR) is 72.3 cm³/mol. The van der Waals surface area contributed by atoms with E-state index >= 15 is 0 Å². The van der Waals surface area contributed by atoms with Gasteiger partial charge in [-0.15, -0.1) is 0 Å². The minimum atomic E-state index is -0.474. The molecule has 0 spiro atoms. The third-order valence-electron chi connectivity index (χ3n) is 3.73. The highest BCUT2D eigenvalue weighted by Crippen LogP contribution is 2.35. The highest BCUT2D eigenvalue weighted by Gasteiger charge is 2.37. The van der Waals surface area contributed by atoms with Crippen molar-refractivity contribution in [1.29, 1.82) is 0 Å². The van der Waals surface area contributed by atoms with Crippen molar-refractivity contribution in [2.45, 2.75) is 44.9 Å². The SMILES string of the molecule is CC(=O)C1(c2cnc[nH]2)C/C=C/CC/C=C(\C)C1. The molecule has 0 aromatic carbocycles. The van der Waals surface area contributed by atoms with Crippen LogP contribution in [0.5, 0.6) is 0 Å². The first kappa shape index (κ1) is 12.8. The second-order valence-electron chi connectivity index (χ2n) is 5.08. The summed E-state index contributed by atoms with van der Waals surface area (Å²) in [4.78, 5) is 19.4. The summed E-state index contributed by atoms with van der Waals surface area (Å²) in [5.41, 5.74) is 1.73. The molecule has 3 nitrogen and oxygen atoms in total. The number of carbonyl (C=O) groups is 1. The van der Waals surface area contributed by atoms with Gasteiger partial charge in [-0.2, -0.15) is 0 Å². The summed E-state index contributed by atoms with van der Waals surface area (Å²) >= 11 is 0. The molecule has 1 atom stereocenters. The zero-order chi connectivity index (χ0) is 13.0. The van der Waals surface area contributed by atoms with Crippen molar-refractivity contribution in [3.8, 4) is 0 Å².